The molecule has 126 valence electrons. The third-order valence-corrected chi connectivity index (χ3v) is 4.34. The second-order valence-corrected chi connectivity index (χ2v) is 6.01. The monoisotopic (exact) mass is 325 g/mol. The summed E-state index contributed by atoms with van der Waals surface area (Å²) in [4.78, 5) is 18.9. The van der Waals surface area contributed by atoms with E-state index in [-0.39, 0.29) is 18.1 Å². The van der Waals surface area contributed by atoms with Gasteiger partial charge in [0.15, 0.2) is 0 Å². The van der Waals surface area contributed by atoms with Crippen LogP contribution in [0.25, 0.3) is 0 Å². The van der Waals surface area contributed by atoms with E-state index < -0.39 is 0 Å². The molecule has 0 bridgehead atoms. The van der Waals surface area contributed by atoms with Gasteiger partial charge in [-0.25, -0.2) is 4.79 Å². The van der Waals surface area contributed by atoms with E-state index in [2.05, 4.69) is 10.3 Å². The van der Waals surface area contributed by atoms with Crippen LogP contribution in [0.4, 0.5) is 4.79 Å². The van der Waals surface area contributed by atoms with Crippen molar-refractivity contribution in [1.82, 2.24) is 15.2 Å². The predicted molar refractivity (Wildman–Crippen MR) is 92.7 cm³/mol. The molecular weight excluding hydrogens is 302 g/mol. The van der Waals surface area contributed by atoms with Gasteiger partial charge in [0, 0.05) is 32.5 Å². The molecule has 0 aliphatic carbocycles. The largest absolute Gasteiger partial charge is 0.381 e. The van der Waals surface area contributed by atoms with Gasteiger partial charge in [-0.2, -0.15) is 0 Å². The SMILES string of the molecule is CN(C(=O)NC1CCOCC1)C(c1ccccc1)c1ccccn1. The van der Waals surface area contributed by atoms with Crippen molar-refractivity contribution in [2.24, 2.45) is 0 Å². The minimum absolute atomic E-state index is 0.0820. The van der Waals surface area contributed by atoms with Crippen LogP contribution in [0.3, 0.4) is 0 Å². The van der Waals surface area contributed by atoms with Gasteiger partial charge in [0.25, 0.3) is 0 Å². The van der Waals surface area contributed by atoms with Gasteiger partial charge in [0.2, 0.25) is 0 Å². The summed E-state index contributed by atoms with van der Waals surface area (Å²) < 4.78 is 5.35. The Balaban J connectivity index is 1.80. The Morgan fingerprint density at radius 1 is 1.17 bits per heavy atom. The van der Waals surface area contributed by atoms with E-state index in [4.69, 9.17) is 4.74 Å². The molecular formula is C19H23N3O2. The number of amides is 2. The molecule has 0 spiro atoms. The molecule has 5 nitrogen and oxygen atoms in total. The number of carbonyl (C=O) groups excluding carboxylic acids is 1. The molecule has 1 saturated heterocycles. The molecule has 1 aliphatic rings. The number of carbonyl (C=O) groups is 1. The Hall–Kier alpha value is -2.40. The lowest BCUT2D eigenvalue weighted by Gasteiger charge is -2.31. The van der Waals surface area contributed by atoms with E-state index in [0.717, 1.165) is 24.1 Å². The number of aromatic nitrogens is 1. The molecule has 2 aromatic rings. The summed E-state index contributed by atoms with van der Waals surface area (Å²) in [6.45, 7) is 1.41. The van der Waals surface area contributed by atoms with Crippen LogP contribution in [0, 0.1) is 0 Å². The minimum Gasteiger partial charge on any atom is -0.381 e. The fourth-order valence-corrected chi connectivity index (χ4v) is 3.00. The average molecular weight is 325 g/mol. The van der Waals surface area contributed by atoms with E-state index in [1.165, 1.54) is 0 Å². The van der Waals surface area contributed by atoms with Crippen LogP contribution >= 0.6 is 0 Å². The van der Waals surface area contributed by atoms with Gasteiger partial charge in [-0.1, -0.05) is 36.4 Å². The maximum Gasteiger partial charge on any atom is 0.318 e. The third kappa shape index (κ3) is 3.92. The topological polar surface area (TPSA) is 54.5 Å². The number of nitrogens with one attached hydrogen (secondary N) is 1. The lowest BCUT2D eigenvalue weighted by atomic mass is 10.0. The Morgan fingerprint density at radius 3 is 2.54 bits per heavy atom. The number of nitrogens with zero attached hydrogens (tertiary/aromatic N) is 2. The van der Waals surface area contributed by atoms with Crippen LogP contribution in [0.5, 0.6) is 0 Å². The molecule has 1 aliphatic heterocycles. The van der Waals surface area contributed by atoms with E-state index in [9.17, 15) is 4.79 Å². The Bertz CT molecular complexity index is 603. The predicted octanol–water partition coefficient (Wildman–Crippen LogP) is 2.99. The summed E-state index contributed by atoms with van der Waals surface area (Å²) >= 11 is 0. The summed E-state index contributed by atoms with van der Waals surface area (Å²) in [7, 11) is 1.82. The van der Waals surface area contributed by atoms with Crippen molar-refractivity contribution in [2.45, 2.75) is 24.9 Å². The van der Waals surface area contributed by atoms with Crippen molar-refractivity contribution in [1.29, 1.82) is 0 Å². The van der Waals surface area contributed by atoms with Gasteiger partial charge < -0.3 is 15.0 Å². The molecule has 2 heterocycles. The summed E-state index contributed by atoms with van der Waals surface area (Å²) in [6.07, 6.45) is 3.48. The third-order valence-electron chi connectivity index (χ3n) is 4.34. The number of hydrogen-bond acceptors (Lipinski definition) is 3. The lowest BCUT2D eigenvalue weighted by Crippen LogP contribution is -2.46. The number of ether oxygens (including phenoxy) is 1. The second-order valence-electron chi connectivity index (χ2n) is 6.01. The van der Waals surface area contributed by atoms with Crippen LogP contribution in [-0.2, 0) is 4.74 Å². The number of pyridine rings is 1. The molecule has 1 fully saturated rings. The van der Waals surface area contributed by atoms with Gasteiger partial charge in [-0.3, -0.25) is 4.98 Å². The maximum absolute atomic E-state index is 12.7. The fourth-order valence-electron chi connectivity index (χ4n) is 3.00. The normalized spacial score (nSPS) is 16.4. The molecule has 3 rings (SSSR count). The molecule has 1 N–H and O–H groups in total. The summed E-state index contributed by atoms with van der Waals surface area (Å²) in [6, 6.07) is 15.6. The highest BCUT2D eigenvalue weighted by molar-refractivity contribution is 5.75. The minimum atomic E-state index is -0.216. The van der Waals surface area contributed by atoms with Crippen molar-refractivity contribution >= 4 is 6.03 Å². The van der Waals surface area contributed by atoms with Crippen LogP contribution < -0.4 is 5.32 Å². The zero-order valence-electron chi connectivity index (χ0n) is 13.9. The quantitative estimate of drug-likeness (QED) is 0.940. The standard InChI is InChI=1S/C19H23N3O2/c1-22(19(23)21-16-10-13-24-14-11-16)18(15-7-3-2-4-8-15)17-9-5-6-12-20-17/h2-9,12,16,18H,10-11,13-14H2,1H3,(H,21,23). The van der Waals surface area contributed by atoms with Crippen LogP contribution in [0.15, 0.2) is 54.7 Å². The van der Waals surface area contributed by atoms with Crippen molar-refractivity contribution in [3.05, 3.63) is 66.0 Å². The van der Waals surface area contributed by atoms with Crippen LogP contribution in [0.2, 0.25) is 0 Å². The smallest absolute Gasteiger partial charge is 0.318 e. The van der Waals surface area contributed by atoms with Gasteiger partial charge in [-0.15, -0.1) is 0 Å². The highest BCUT2D eigenvalue weighted by Crippen LogP contribution is 2.26. The second kappa shape index (κ2) is 7.93. The van der Waals surface area contributed by atoms with E-state index in [0.29, 0.717) is 13.2 Å². The van der Waals surface area contributed by atoms with Crippen molar-refractivity contribution < 1.29 is 9.53 Å². The highest BCUT2D eigenvalue weighted by Gasteiger charge is 2.26. The number of hydrogen-bond donors (Lipinski definition) is 1. The Morgan fingerprint density at radius 2 is 1.88 bits per heavy atom. The molecule has 24 heavy (non-hydrogen) atoms. The summed E-state index contributed by atoms with van der Waals surface area (Å²) in [5, 5.41) is 3.12. The fraction of sp³-hybridized carbons (Fsp3) is 0.368. The van der Waals surface area contributed by atoms with Gasteiger partial charge in [-0.05, 0) is 30.5 Å². The molecule has 0 saturated carbocycles. The van der Waals surface area contributed by atoms with E-state index >= 15 is 0 Å². The van der Waals surface area contributed by atoms with Crippen LogP contribution in [0.1, 0.15) is 30.1 Å². The first kappa shape index (κ1) is 16.5. The first-order valence-corrected chi connectivity index (χ1v) is 8.32. The van der Waals surface area contributed by atoms with Gasteiger partial charge >= 0.3 is 6.03 Å². The summed E-state index contributed by atoms with van der Waals surface area (Å²) in [5.41, 5.74) is 1.90. The molecule has 0 radical (unpaired) electrons. The number of rotatable bonds is 4. The molecule has 1 aromatic carbocycles. The molecule has 2 amide bonds. The maximum atomic E-state index is 12.7. The number of urea groups is 1. The zero-order chi connectivity index (χ0) is 16.8. The van der Waals surface area contributed by atoms with Crippen molar-refractivity contribution in [3.8, 4) is 0 Å². The summed E-state index contributed by atoms with van der Waals surface area (Å²) in [5.74, 6) is 0. The highest BCUT2D eigenvalue weighted by atomic mass is 16.5. The molecule has 5 heteroatoms. The van der Waals surface area contributed by atoms with E-state index in [1.807, 2.05) is 55.6 Å². The molecule has 1 aromatic heterocycles. The first-order chi connectivity index (χ1) is 11.8. The Kier molecular flexibility index (Phi) is 5.43. The lowest BCUT2D eigenvalue weighted by molar-refractivity contribution is 0.0780. The first-order valence-electron chi connectivity index (χ1n) is 8.32. The molecule has 1 atom stereocenters. The van der Waals surface area contributed by atoms with Gasteiger partial charge in [0.05, 0.1) is 5.69 Å². The van der Waals surface area contributed by atoms with Crippen LogP contribution in [-0.4, -0.2) is 42.2 Å². The molecule has 1 unspecified atom stereocenters. The van der Waals surface area contributed by atoms with Gasteiger partial charge in [0.1, 0.15) is 6.04 Å². The van der Waals surface area contributed by atoms with Crippen molar-refractivity contribution in [3.63, 3.8) is 0 Å². The number of benzene rings is 1. The average Bonchev–Trinajstić information content (AvgIpc) is 2.64. The van der Waals surface area contributed by atoms with Crippen molar-refractivity contribution in [2.75, 3.05) is 20.3 Å². The van der Waals surface area contributed by atoms with E-state index in [1.54, 1.807) is 11.1 Å². The Labute approximate surface area is 142 Å². The zero-order valence-corrected chi connectivity index (χ0v) is 13.9.